The molecule has 2 aliphatic heterocycles. The summed E-state index contributed by atoms with van der Waals surface area (Å²) in [6, 6.07) is 7.98. The molecule has 7 heteroatoms. The highest BCUT2D eigenvalue weighted by atomic mass is 16.2. The first kappa shape index (κ1) is 21.4. The van der Waals surface area contributed by atoms with E-state index in [4.69, 9.17) is 0 Å². The molecule has 1 amide bonds. The summed E-state index contributed by atoms with van der Waals surface area (Å²) in [6.07, 6.45) is 7.49. The van der Waals surface area contributed by atoms with Crippen LogP contribution in [0.4, 0.5) is 5.69 Å². The molecular formula is C26H29N5O2. The Hall–Kier alpha value is -3.48. The molecule has 0 aliphatic carbocycles. The highest BCUT2D eigenvalue weighted by Crippen LogP contribution is 2.30. The van der Waals surface area contributed by atoms with Crippen molar-refractivity contribution < 1.29 is 4.79 Å². The average Bonchev–Trinajstić information content (AvgIpc) is 2.86. The van der Waals surface area contributed by atoms with Gasteiger partial charge in [-0.2, -0.15) is 0 Å². The maximum atomic E-state index is 13.9. The minimum atomic E-state index is -0.0557. The third-order valence-electron chi connectivity index (χ3n) is 7.03. The number of anilines is 1. The van der Waals surface area contributed by atoms with E-state index in [0.717, 1.165) is 38.0 Å². The van der Waals surface area contributed by atoms with Gasteiger partial charge in [-0.15, -0.1) is 0 Å². The van der Waals surface area contributed by atoms with Crippen LogP contribution in [0.1, 0.15) is 40.0 Å². The van der Waals surface area contributed by atoms with E-state index in [1.165, 1.54) is 23.1 Å². The van der Waals surface area contributed by atoms with Crippen LogP contribution in [0.2, 0.25) is 0 Å². The molecule has 3 aromatic rings. The van der Waals surface area contributed by atoms with Crippen molar-refractivity contribution in [2.75, 3.05) is 31.1 Å². The van der Waals surface area contributed by atoms with Gasteiger partial charge in [0.25, 0.3) is 11.5 Å². The number of fused-ring (bicyclic) bond motifs is 1. The van der Waals surface area contributed by atoms with Gasteiger partial charge in [-0.05, 0) is 50.3 Å². The van der Waals surface area contributed by atoms with Gasteiger partial charge in [-0.3, -0.25) is 9.59 Å². The number of piperazine rings is 1. The average molecular weight is 444 g/mol. The first-order chi connectivity index (χ1) is 16.0. The van der Waals surface area contributed by atoms with E-state index < -0.39 is 0 Å². The molecule has 2 aromatic heterocycles. The van der Waals surface area contributed by atoms with Gasteiger partial charge in [0.15, 0.2) is 0 Å². The molecule has 1 saturated heterocycles. The van der Waals surface area contributed by atoms with Crippen molar-refractivity contribution in [2.24, 2.45) is 0 Å². The Kier molecular flexibility index (Phi) is 5.70. The third-order valence-corrected chi connectivity index (χ3v) is 7.03. The number of aromatic nitrogens is 3. The molecule has 170 valence electrons. The lowest BCUT2D eigenvalue weighted by Gasteiger charge is -2.38. The first-order valence-corrected chi connectivity index (χ1v) is 11.7. The number of hydrogen-bond acceptors (Lipinski definition) is 5. The van der Waals surface area contributed by atoms with Crippen LogP contribution in [0.5, 0.6) is 0 Å². The Labute approximate surface area is 193 Å². The predicted molar refractivity (Wildman–Crippen MR) is 129 cm³/mol. The van der Waals surface area contributed by atoms with Crippen molar-refractivity contribution >= 4 is 11.6 Å². The molecule has 1 aromatic carbocycles. The van der Waals surface area contributed by atoms with Crippen molar-refractivity contribution in [3.8, 4) is 11.1 Å². The quantitative estimate of drug-likeness (QED) is 0.622. The van der Waals surface area contributed by atoms with E-state index in [9.17, 15) is 9.59 Å². The summed E-state index contributed by atoms with van der Waals surface area (Å²) in [4.78, 5) is 39.3. The summed E-state index contributed by atoms with van der Waals surface area (Å²) in [7, 11) is 0. The SMILES string of the molecule is Cc1cccc(N2CCN(C(=O)c3c(-c4cncnc4)cc(=O)n4c3CCCC4)CC2)c1C. The number of aryl methyl sites for hydroxylation is 1. The van der Waals surface area contributed by atoms with Crippen LogP contribution < -0.4 is 10.5 Å². The lowest BCUT2D eigenvalue weighted by Crippen LogP contribution is -2.49. The lowest BCUT2D eigenvalue weighted by molar-refractivity contribution is 0.0744. The smallest absolute Gasteiger partial charge is 0.256 e. The third kappa shape index (κ3) is 3.92. The number of nitrogens with zero attached hydrogens (tertiary/aromatic N) is 5. The lowest BCUT2D eigenvalue weighted by atomic mass is 9.94. The highest BCUT2D eigenvalue weighted by Gasteiger charge is 2.30. The Bertz CT molecular complexity index is 1240. The molecule has 33 heavy (non-hydrogen) atoms. The second-order valence-electron chi connectivity index (χ2n) is 8.95. The number of pyridine rings is 1. The fourth-order valence-electron chi connectivity index (χ4n) is 5.06. The van der Waals surface area contributed by atoms with Crippen molar-refractivity contribution in [2.45, 2.75) is 39.7 Å². The maximum Gasteiger partial charge on any atom is 0.256 e. The number of benzene rings is 1. The van der Waals surface area contributed by atoms with Gasteiger partial charge in [0.2, 0.25) is 0 Å². The van der Waals surface area contributed by atoms with E-state index in [-0.39, 0.29) is 11.5 Å². The van der Waals surface area contributed by atoms with Crippen LogP contribution in [0.3, 0.4) is 0 Å². The Morgan fingerprint density at radius 2 is 1.73 bits per heavy atom. The zero-order valence-electron chi connectivity index (χ0n) is 19.3. The van der Waals surface area contributed by atoms with Crippen molar-refractivity contribution in [3.05, 3.63) is 75.7 Å². The van der Waals surface area contributed by atoms with Crippen LogP contribution in [0, 0.1) is 13.8 Å². The van der Waals surface area contributed by atoms with E-state index >= 15 is 0 Å². The molecule has 5 rings (SSSR count). The normalized spacial score (nSPS) is 15.9. The van der Waals surface area contributed by atoms with Crippen LogP contribution in [-0.4, -0.2) is 51.5 Å². The molecule has 0 spiro atoms. The van der Waals surface area contributed by atoms with E-state index in [1.807, 2.05) is 4.90 Å². The van der Waals surface area contributed by atoms with E-state index in [0.29, 0.717) is 36.3 Å². The standard InChI is InChI=1S/C26H29N5O2/c1-18-6-5-8-22(19(18)2)29-10-12-30(13-11-29)26(33)25-21(20-15-27-17-28-16-20)14-24(32)31-9-4-3-7-23(25)31/h5-6,8,14-17H,3-4,7,9-13H2,1-2H3. The van der Waals surface area contributed by atoms with Gasteiger partial charge < -0.3 is 14.4 Å². The largest absolute Gasteiger partial charge is 0.368 e. The van der Waals surface area contributed by atoms with Crippen LogP contribution in [0.25, 0.3) is 11.1 Å². The Balaban J connectivity index is 1.48. The number of carbonyl (C=O) groups is 1. The maximum absolute atomic E-state index is 13.9. The minimum Gasteiger partial charge on any atom is -0.368 e. The summed E-state index contributed by atoms with van der Waals surface area (Å²) in [5, 5.41) is 0. The second-order valence-corrected chi connectivity index (χ2v) is 8.95. The van der Waals surface area contributed by atoms with Gasteiger partial charge in [0.05, 0.1) is 5.56 Å². The number of hydrogen-bond donors (Lipinski definition) is 0. The molecule has 0 bridgehead atoms. The van der Waals surface area contributed by atoms with Crippen LogP contribution >= 0.6 is 0 Å². The Morgan fingerprint density at radius 1 is 0.970 bits per heavy atom. The summed E-state index contributed by atoms with van der Waals surface area (Å²) < 4.78 is 1.79. The summed E-state index contributed by atoms with van der Waals surface area (Å²) in [5.74, 6) is 0.000109. The van der Waals surface area contributed by atoms with Crippen molar-refractivity contribution in [1.82, 2.24) is 19.4 Å². The van der Waals surface area contributed by atoms with E-state index in [1.54, 1.807) is 23.0 Å². The number of rotatable bonds is 3. The predicted octanol–water partition coefficient (Wildman–Crippen LogP) is 3.22. The minimum absolute atomic E-state index is 0.000109. The van der Waals surface area contributed by atoms with Gasteiger partial charge in [-0.1, -0.05) is 12.1 Å². The zero-order valence-corrected chi connectivity index (χ0v) is 19.3. The molecule has 4 heterocycles. The topological polar surface area (TPSA) is 71.3 Å². The Morgan fingerprint density at radius 3 is 2.48 bits per heavy atom. The molecule has 0 radical (unpaired) electrons. The number of carbonyl (C=O) groups excluding carboxylic acids is 1. The molecule has 0 atom stereocenters. The monoisotopic (exact) mass is 443 g/mol. The van der Waals surface area contributed by atoms with Crippen LogP contribution in [-0.2, 0) is 13.0 Å². The molecule has 0 saturated carbocycles. The molecule has 1 fully saturated rings. The zero-order chi connectivity index (χ0) is 22.9. The second kappa shape index (κ2) is 8.81. The molecular weight excluding hydrogens is 414 g/mol. The van der Waals surface area contributed by atoms with Gasteiger partial charge in [-0.25, -0.2) is 9.97 Å². The first-order valence-electron chi connectivity index (χ1n) is 11.7. The molecule has 0 unspecified atom stereocenters. The highest BCUT2D eigenvalue weighted by molar-refractivity contribution is 6.02. The molecule has 2 aliphatic rings. The summed E-state index contributed by atoms with van der Waals surface area (Å²) in [6.45, 7) is 7.83. The number of amides is 1. The fraction of sp³-hybridized carbons (Fsp3) is 0.385. The van der Waals surface area contributed by atoms with Gasteiger partial charge in [0, 0.05) is 73.7 Å². The van der Waals surface area contributed by atoms with Gasteiger partial charge in [0.1, 0.15) is 6.33 Å². The summed E-state index contributed by atoms with van der Waals surface area (Å²) >= 11 is 0. The van der Waals surface area contributed by atoms with Crippen molar-refractivity contribution in [1.29, 1.82) is 0 Å². The molecule has 7 nitrogen and oxygen atoms in total. The fourth-order valence-corrected chi connectivity index (χ4v) is 5.06. The van der Waals surface area contributed by atoms with Gasteiger partial charge >= 0.3 is 0 Å². The van der Waals surface area contributed by atoms with E-state index in [2.05, 4.69) is 46.9 Å². The summed E-state index contributed by atoms with van der Waals surface area (Å²) in [5.41, 5.74) is 6.62. The van der Waals surface area contributed by atoms with Crippen molar-refractivity contribution in [3.63, 3.8) is 0 Å². The molecule has 0 N–H and O–H groups in total. The van der Waals surface area contributed by atoms with Crippen LogP contribution in [0.15, 0.2) is 47.8 Å².